The zero-order valence-corrected chi connectivity index (χ0v) is 16.4. The zero-order chi connectivity index (χ0) is 19.5. The van der Waals surface area contributed by atoms with Gasteiger partial charge < -0.3 is 9.26 Å². The predicted octanol–water partition coefficient (Wildman–Crippen LogP) is 3.76. The molecule has 1 saturated heterocycles. The average Bonchev–Trinajstić information content (AvgIpc) is 3.24. The predicted molar refractivity (Wildman–Crippen MR) is 110 cm³/mol. The van der Waals surface area contributed by atoms with Crippen molar-refractivity contribution >= 4 is 46.0 Å². The average molecular weight is 410 g/mol. The van der Waals surface area contributed by atoms with Crippen molar-refractivity contribution in [2.75, 3.05) is 4.90 Å². The molecule has 3 heterocycles. The van der Waals surface area contributed by atoms with Crippen LogP contribution in [0.25, 0.3) is 6.08 Å². The van der Waals surface area contributed by atoms with Crippen LogP contribution < -0.4 is 9.64 Å². The van der Waals surface area contributed by atoms with E-state index in [1.807, 2.05) is 30.3 Å². The van der Waals surface area contributed by atoms with Crippen molar-refractivity contribution in [3.8, 4) is 5.75 Å². The Labute approximate surface area is 170 Å². The normalized spacial score (nSPS) is 15.5. The first-order chi connectivity index (χ1) is 13.6. The Hall–Kier alpha value is -3.04. The van der Waals surface area contributed by atoms with E-state index < -0.39 is 0 Å². The largest absolute Gasteiger partial charge is 0.485 e. The first-order valence-corrected chi connectivity index (χ1v) is 9.53. The fraction of sp³-hybridized carbons (Fsp3) is 0.105. The highest BCUT2D eigenvalue weighted by Crippen LogP contribution is 2.35. The topological polar surface area (TPSA) is 81.4 Å². The molecule has 1 aliphatic heterocycles. The molecule has 28 heavy (non-hydrogen) atoms. The van der Waals surface area contributed by atoms with E-state index in [9.17, 15) is 4.79 Å². The molecule has 0 saturated carbocycles. The monoisotopic (exact) mass is 410 g/mol. The van der Waals surface area contributed by atoms with Gasteiger partial charge in [-0.05, 0) is 35.9 Å². The van der Waals surface area contributed by atoms with Crippen molar-refractivity contribution in [2.45, 2.75) is 13.5 Å². The highest BCUT2D eigenvalue weighted by Gasteiger charge is 2.33. The molecule has 4 rings (SSSR count). The summed E-state index contributed by atoms with van der Waals surface area (Å²) in [6.45, 7) is 1.95. The van der Waals surface area contributed by atoms with Crippen LogP contribution in [0.3, 0.4) is 0 Å². The summed E-state index contributed by atoms with van der Waals surface area (Å²) in [5.41, 5.74) is 1.53. The molecule has 1 fully saturated rings. The molecule has 0 radical (unpaired) electrons. The lowest BCUT2D eigenvalue weighted by molar-refractivity contribution is -0.113. The molecule has 1 amide bonds. The molecule has 9 heteroatoms. The summed E-state index contributed by atoms with van der Waals surface area (Å²) in [7, 11) is 0. The van der Waals surface area contributed by atoms with E-state index in [0.717, 1.165) is 5.56 Å². The van der Waals surface area contributed by atoms with Crippen LogP contribution in [0.5, 0.6) is 5.75 Å². The maximum absolute atomic E-state index is 12.7. The highest BCUT2D eigenvalue weighted by molar-refractivity contribution is 8.27. The number of nitrogens with zero attached hydrogens (tertiary/aromatic N) is 4. The summed E-state index contributed by atoms with van der Waals surface area (Å²) in [5.74, 6) is 1.50. The lowest BCUT2D eigenvalue weighted by Gasteiger charge is -2.13. The van der Waals surface area contributed by atoms with Gasteiger partial charge in [-0.15, -0.1) is 0 Å². The van der Waals surface area contributed by atoms with Gasteiger partial charge in [0.15, 0.2) is 10.9 Å². The maximum Gasteiger partial charge on any atom is 0.270 e. The molecular weight excluding hydrogens is 396 g/mol. The Morgan fingerprint density at radius 1 is 1.29 bits per heavy atom. The van der Waals surface area contributed by atoms with Gasteiger partial charge in [-0.1, -0.05) is 41.3 Å². The number of aryl methyl sites for hydroxylation is 1. The molecule has 140 valence electrons. The number of amides is 1. The van der Waals surface area contributed by atoms with Gasteiger partial charge in [0, 0.05) is 13.1 Å². The van der Waals surface area contributed by atoms with Crippen LogP contribution in [0.1, 0.15) is 17.3 Å². The summed E-state index contributed by atoms with van der Waals surface area (Å²) in [6.07, 6.45) is 5.08. The summed E-state index contributed by atoms with van der Waals surface area (Å²) < 4.78 is 11.0. The number of hydrogen-bond donors (Lipinski definition) is 0. The Kier molecular flexibility index (Phi) is 5.18. The third kappa shape index (κ3) is 3.95. The molecule has 0 bridgehead atoms. The van der Waals surface area contributed by atoms with Crippen LogP contribution in [-0.2, 0) is 11.4 Å². The van der Waals surface area contributed by atoms with Gasteiger partial charge in [-0.25, -0.2) is 0 Å². The Bertz CT molecular complexity index is 1050. The smallest absolute Gasteiger partial charge is 0.270 e. The van der Waals surface area contributed by atoms with Crippen LogP contribution in [0, 0.1) is 6.92 Å². The van der Waals surface area contributed by atoms with Gasteiger partial charge in [-0.2, -0.15) is 4.98 Å². The highest BCUT2D eigenvalue weighted by atomic mass is 32.2. The van der Waals surface area contributed by atoms with E-state index in [0.29, 0.717) is 32.4 Å². The maximum atomic E-state index is 12.7. The summed E-state index contributed by atoms with van der Waals surface area (Å²) >= 11 is 6.62. The van der Waals surface area contributed by atoms with Crippen molar-refractivity contribution < 1.29 is 14.1 Å². The Morgan fingerprint density at radius 2 is 2.11 bits per heavy atom. The van der Waals surface area contributed by atoms with Crippen LogP contribution in [-0.4, -0.2) is 25.4 Å². The number of thiocarbonyl (C=S) groups is 1. The second-order valence-electron chi connectivity index (χ2n) is 5.82. The summed E-state index contributed by atoms with van der Waals surface area (Å²) in [4.78, 5) is 22.9. The number of benzene rings is 1. The second-order valence-corrected chi connectivity index (χ2v) is 7.49. The lowest BCUT2D eigenvalue weighted by Crippen LogP contribution is -2.27. The van der Waals surface area contributed by atoms with E-state index in [-0.39, 0.29) is 12.5 Å². The first kappa shape index (κ1) is 18.3. The third-order valence-electron chi connectivity index (χ3n) is 3.81. The number of rotatable bonds is 5. The minimum atomic E-state index is -0.157. The van der Waals surface area contributed by atoms with Crippen LogP contribution in [0.15, 0.2) is 58.2 Å². The van der Waals surface area contributed by atoms with Gasteiger partial charge in [-0.3, -0.25) is 14.7 Å². The molecule has 0 N–H and O–H groups in total. The van der Waals surface area contributed by atoms with Crippen molar-refractivity contribution in [3.63, 3.8) is 0 Å². The standard InChI is InChI=1S/C19H14N4O3S2/c1-12-21-17(22-26-12)11-25-15-6-4-13(5-7-15)9-16-18(24)23(19(27)28-16)14-3-2-8-20-10-14/h2-10H,11H2,1H3/b16-9+. The quantitative estimate of drug-likeness (QED) is 0.465. The van der Waals surface area contributed by atoms with Crippen molar-refractivity contribution in [3.05, 3.63) is 71.0 Å². The van der Waals surface area contributed by atoms with Gasteiger partial charge >= 0.3 is 0 Å². The number of hydrogen-bond acceptors (Lipinski definition) is 8. The number of pyridine rings is 1. The number of carbonyl (C=O) groups is 1. The van der Waals surface area contributed by atoms with Gasteiger partial charge in [0.2, 0.25) is 11.7 Å². The van der Waals surface area contributed by atoms with Crippen LogP contribution in [0.2, 0.25) is 0 Å². The van der Waals surface area contributed by atoms with Gasteiger partial charge in [0.25, 0.3) is 5.91 Å². The number of ether oxygens (including phenoxy) is 1. The fourth-order valence-corrected chi connectivity index (χ4v) is 3.83. The van der Waals surface area contributed by atoms with E-state index in [1.54, 1.807) is 31.5 Å². The molecular formula is C19H14N4O3S2. The fourth-order valence-electron chi connectivity index (χ4n) is 2.54. The van der Waals surface area contributed by atoms with E-state index in [1.165, 1.54) is 16.7 Å². The van der Waals surface area contributed by atoms with Gasteiger partial charge in [0.1, 0.15) is 5.75 Å². The van der Waals surface area contributed by atoms with Crippen LogP contribution >= 0.6 is 24.0 Å². The molecule has 2 aromatic heterocycles. The molecule has 0 spiro atoms. The van der Waals surface area contributed by atoms with E-state index in [2.05, 4.69) is 15.1 Å². The Balaban J connectivity index is 1.45. The van der Waals surface area contributed by atoms with Crippen molar-refractivity contribution in [1.29, 1.82) is 0 Å². The molecule has 3 aromatic rings. The van der Waals surface area contributed by atoms with Crippen molar-refractivity contribution in [2.24, 2.45) is 0 Å². The molecule has 1 aliphatic rings. The molecule has 7 nitrogen and oxygen atoms in total. The molecule has 0 unspecified atom stereocenters. The number of thioether (sulfide) groups is 1. The third-order valence-corrected chi connectivity index (χ3v) is 5.12. The lowest BCUT2D eigenvalue weighted by atomic mass is 10.2. The SMILES string of the molecule is Cc1nc(COc2ccc(/C=C3/SC(=S)N(c4cccnc4)C3=O)cc2)no1. The summed E-state index contributed by atoms with van der Waals surface area (Å²) in [5, 5.41) is 3.78. The number of anilines is 1. The molecule has 0 atom stereocenters. The van der Waals surface area contributed by atoms with Crippen molar-refractivity contribution in [1.82, 2.24) is 15.1 Å². The van der Waals surface area contributed by atoms with E-state index in [4.69, 9.17) is 21.5 Å². The molecule has 0 aliphatic carbocycles. The minimum Gasteiger partial charge on any atom is -0.485 e. The second kappa shape index (κ2) is 7.91. The zero-order valence-electron chi connectivity index (χ0n) is 14.7. The molecule has 1 aromatic carbocycles. The number of aromatic nitrogens is 3. The first-order valence-electron chi connectivity index (χ1n) is 8.30. The number of carbonyl (C=O) groups excluding carboxylic acids is 1. The Morgan fingerprint density at radius 3 is 2.79 bits per heavy atom. The minimum absolute atomic E-state index is 0.157. The van der Waals surface area contributed by atoms with E-state index >= 15 is 0 Å². The van der Waals surface area contributed by atoms with Gasteiger partial charge in [0.05, 0.1) is 16.8 Å². The summed E-state index contributed by atoms with van der Waals surface area (Å²) in [6, 6.07) is 11.0. The van der Waals surface area contributed by atoms with Crippen LogP contribution in [0.4, 0.5) is 5.69 Å².